The normalized spacial score (nSPS) is 13.3. The molecule has 0 aliphatic heterocycles. The monoisotopic (exact) mass is 256 g/mol. The molecule has 0 spiro atoms. The van der Waals surface area contributed by atoms with E-state index >= 15 is 0 Å². The highest BCUT2D eigenvalue weighted by Crippen LogP contribution is 2.36. The number of fused-ring (bicyclic) bond motifs is 2. The van der Waals surface area contributed by atoms with Gasteiger partial charge in [0.05, 0.1) is 0 Å². The van der Waals surface area contributed by atoms with E-state index in [1.165, 1.54) is 38.6 Å². The number of allylic oxidation sites excluding steroid dienone is 1. The summed E-state index contributed by atoms with van der Waals surface area (Å²) in [5, 5.41) is 2.69. The van der Waals surface area contributed by atoms with E-state index in [0.29, 0.717) is 0 Å². The second-order valence-corrected chi connectivity index (χ2v) is 5.52. The van der Waals surface area contributed by atoms with Crippen LogP contribution in [0.5, 0.6) is 0 Å². The maximum absolute atomic E-state index is 2.35. The predicted molar refractivity (Wildman–Crippen MR) is 86.7 cm³/mol. The third kappa shape index (κ3) is 1.69. The van der Waals surface area contributed by atoms with Gasteiger partial charge in [-0.2, -0.15) is 0 Å². The smallest absolute Gasteiger partial charge is 0.00134 e. The number of rotatable bonds is 1. The van der Waals surface area contributed by atoms with Crippen molar-refractivity contribution in [3.63, 3.8) is 0 Å². The van der Waals surface area contributed by atoms with Crippen molar-refractivity contribution in [1.29, 1.82) is 0 Å². The molecule has 0 radical (unpaired) electrons. The fourth-order valence-corrected chi connectivity index (χ4v) is 3.25. The second-order valence-electron chi connectivity index (χ2n) is 5.52. The van der Waals surface area contributed by atoms with Crippen LogP contribution < -0.4 is 0 Å². The van der Waals surface area contributed by atoms with Crippen LogP contribution in [0.1, 0.15) is 22.3 Å². The summed E-state index contributed by atoms with van der Waals surface area (Å²) in [4.78, 5) is 0. The van der Waals surface area contributed by atoms with Crippen molar-refractivity contribution in [2.75, 3.05) is 0 Å². The van der Waals surface area contributed by atoms with Crippen LogP contribution in [0.15, 0.2) is 60.7 Å². The van der Waals surface area contributed by atoms with Crippen molar-refractivity contribution >= 4 is 22.4 Å². The number of hydrogen-bond acceptors (Lipinski definition) is 0. The Hall–Kier alpha value is -2.34. The Morgan fingerprint density at radius 1 is 0.800 bits per heavy atom. The molecule has 0 bridgehead atoms. The van der Waals surface area contributed by atoms with Gasteiger partial charge in [-0.05, 0) is 51.9 Å². The van der Waals surface area contributed by atoms with Crippen LogP contribution in [0.2, 0.25) is 0 Å². The molecule has 96 valence electrons. The average molecular weight is 256 g/mol. The van der Waals surface area contributed by atoms with Gasteiger partial charge in [0.2, 0.25) is 0 Å². The van der Waals surface area contributed by atoms with Gasteiger partial charge in [0.25, 0.3) is 0 Å². The van der Waals surface area contributed by atoms with Gasteiger partial charge in [-0.3, -0.25) is 0 Å². The average Bonchev–Trinajstić information content (AvgIpc) is 2.90. The van der Waals surface area contributed by atoms with Gasteiger partial charge in [0, 0.05) is 0 Å². The minimum atomic E-state index is 1.05. The lowest BCUT2D eigenvalue weighted by Gasteiger charge is -2.11. The first-order chi connectivity index (χ1) is 9.83. The summed E-state index contributed by atoms with van der Waals surface area (Å²) in [6.07, 6.45) is 3.40. The molecule has 1 aliphatic carbocycles. The molecule has 1 aliphatic rings. The maximum Gasteiger partial charge on any atom is -0.00134 e. The molecule has 0 aromatic heterocycles. The highest BCUT2D eigenvalue weighted by atomic mass is 14.2. The van der Waals surface area contributed by atoms with Crippen molar-refractivity contribution in [2.45, 2.75) is 13.3 Å². The lowest BCUT2D eigenvalue weighted by molar-refractivity contribution is 1.31. The summed E-state index contributed by atoms with van der Waals surface area (Å²) in [6.45, 7) is 2.21. The molecule has 20 heavy (non-hydrogen) atoms. The highest BCUT2D eigenvalue weighted by Gasteiger charge is 2.16. The van der Waals surface area contributed by atoms with Crippen molar-refractivity contribution in [2.24, 2.45) is 0 Å². The second kappa shape index (κ2) is 4.35. The first kappa shape index (κ1) is 11.5. The van der Waals surface area contributed by atoms with Crippen LogP contribution in [0.4, 0.5) is 0 Å². The molecule has 0 fully saturated rings. The Morgan fingerprint density at radius 2 is 1.60 bits per heavy atom. The van der Waals surface area contributed by atoms with Gasteiger partial charge in [0.15, 0.2) is 0 Å². The van der Waals surface area contributed by atoms with Gasteiger partial charge >= 0.3 is 0 Å². The summed E-state index contributed by atoms with van der Waals surface area (Å²) < 4.78 is 0. The van der Waals surface area contributed by atoms with Crippen LogP contribution in [-0.4, -0.2) is 0 Å². The molecule has 0 atom stereocenters. The first-order valence-electron chi connectivity index (χ1n) is 7.10. The largest absolute Gasteiger partial charge is 0.0619 e. The lowest BCUT2D eigenvalue weighted by Crippen LogP contribution is -1.91. The summed E-state index contributed by atoms with van der Waals surface area (Å²) in [7, 11) is 0. The fraction of sp³-hybridized carbons (Fsp3) is 0.100. The SMILES string of the molecule is Cc1ccc2ccccc2c1C1=Cc2ccccc2C1. The van der Waals surface area contributed by atoms with Crippen LogP contribution in [0.3, 0.4) is 0 Å². The summed E-state index contributed by atoms with van der Waals surface area (Å²) in [6, 6.07) is 21.8. The van der Waals surface area contributed by atoms with Crippen LogP contribution in [-0.2, 0) is 6.42 Å². The van der Waals surface area contributed by atoms with E-state index < -0.39 is 0 Å². The Bertz CT molecular complexity index is 838. The van der Waals surface area contributed by atoms with Crippen LogP contribution >= 0.6 is 0 Å². The Balaban J connectivity index is 1.95. The van der Waals surface area contributed by atoms with E-state index in [9.17, 15) is 0 Å². The lowest BCUT2D eigenvalue weighted by atomic mass is 9.93. The zero-order chi connectivity index (χ0) is 13.5. The molecule has 0 N–H and O–H groups in total. The number of benzene rings is 3. The van der Waals surface area contributed by atoms with Crippen molar-refractivity contribution in [1.82, 2.24) is 0 Å². The zero-order valence-electron chi connectivity index (χ0n) is 11.6. The minimum Gasteiger partial charge on any atom is -0.0619 e. The molecule has 0 heterocycles. The zero-order valence-corrected chi connectivity index (χ0v) is 11.6. The van der Waals surface area contributed by atoms with Crippen molar-refractivity contribution in [3.05, 3.63) is 82.9 Å². The van der Waals surface area contributed by atoms with E-state index in [0.717, 1.165) is 6.42 Å². The first-order valence-corrected chi connectivity index (χ1v) is 7.10. The van der Waals surface area contributed by atoms with E-state index in [1.54, 1.807) is 0 Å². The summed E-state index contributed by atoms with van der Waals surface area (Å²) in [5.74, 6) is 0. The van der Waals surface area contributed by atoms with Gasteiger partial charge in [0.1, 0.15) is 0 Å². The van der Waals surface area contributed by atoms with Gasteiger partial charge < -0.3 is 0 Å². The van der Waals surface area contributed by atoms with Gasteiger partial charge in [-0.15, -0.1) is 0 Å². The van der Waals surface area contributed by atoms with E-state index in [2.05, 4.69) is 73.7 Å². The molecule has 0 unspecified atom stereocenters. The van der Waals surface area contributed by atoms with Crippen LogP contribution in [0, 0.1) is 6.92 Å². The Kier molecular flexibility index (Phi) is 2.50. The third-order valence-electron chi connectivity index (χ3n) is 4.22. The Morgan fingerprint density at radius 3 is 2.50 bits per heavy atom. The molecule has 0 heteroatoms. The molecule has 0 nitrogen and oxygen atoms in total. The van der Waals surface area contributed by atoms with Gasteiger partial charge in [-0.1, -0.05) is 66.7 Å². The fourth-order valence-electron chi connectivity index (χ4n) is 3.25. The summed E-state index contributed by atoms with van der Waals surface area (Å²) in [5.41, 5.74) is 7.03. The molecule has 3 aromatic rings. The maximum atomic E-state index is 2.35. The van der Waals surface area contributed by atoms with E-state index in [-0.39, 0.29) is 0 Å². The van der Waals surface area contributed by atoms with Gasteiger partial charge in [-0.25, -0.2) is 0 Å². The number of aryl methyl sites for hydroxylation is 1. The summed E-state index contributed by atoms with van der Waals surface area (Å²) >= 11 is 0. The predicted octanol–water partition coefficient (Wildman–Crippen LogP) is 5.24. The molecular formula is C20H16. The molecular weight excluding hydrogens is 240 g/mol. The molecule has 3 aromatic carbocycles. The Labute approximate surface area is 119 Å². The van der Waals surface area contributed by atoms with Crippen molar-refractivity contribution in [3.8, 4) is 0 Å². The van der Waals surface area contributed by atoms with E-state index in [4.69, 9.17) is 0 Å². The van der Waals surface area contributed by atoms with Crippen LogP contribution in [0.25, 0.3) is 22.4 Å². The number of hydrogen-bond donors (Lipinski definition) is 0. The quantitative estimate of drug-likeness (QED) is 0.558. The van der Waals surface area contributed by atoms with Crippen molar-refractivity contribution < 1.29 is 0 Å². The molecule has 0 saturated carbocycles. The topological polar surface area (TPSA) is 0 Å². The molecule has 0 amide bonds. The third-order valence-corrected chi connectivity index (χ3v) is 4.22. The highest BCUT2D eigenvalue weighted by molar-refractivity contribution is 6.01. The minimum absolute atomic E-state index is 1.05. The standard InChI is InChI=1S/C20H16/c1-14-10-11-15-6-4-5-9-19(15)20(14)18-12-16-7-2-3-8-17(16)13-18/h2-12H,13H2,1H3. The van der Waals surface area contributed by atoms with E-state index in [1.807, 2.05) is 0 Å². The molecule has 4 rings (SSSR count). The molecule has 0 saturated heterocycles.